The predicted octanol–water partition coefficient (Wildman–Crippen LogP) is 2.73. The summed E-state index contributed by atoms with van der Waals surface area (Å²) in [6.45, 7) is 3.63. The maximum Gasteiger partial charge on any atom is 0.260 e. The van der Waals surface area contributed by atoms with Gasteiger partial charge in [0.05, 0.1) is 12.8 Å². The van der Waals surface area contributed by atoms with E-state index in [0.29, 0.717) is 5.88 Å². The van der Waals surface area contributed by atoms with Crippen molar-refractivity contribution in [1.82, 2.24) is 14.4 Å². The van der Waals surface area contributed by atoms with Crippen LogP contribution in [0.4, 0.5) is 5.82 Å². The minimum Gasteiger partial charge on any atom is -0.475 e. The SMILES string of the molecule is CCNc1cn2ccnc2c(OCCC2CCC2)n1. The number of hydrogen-bond acceptors (Lipinski definition) is 4. The van der Waals surface area contributed by atoms with Gasteiger partial charge in [0.25, 0.3) is 5.88 Å². The molecule has 5 nitrogen and oxygen atoms in total. The van der Waals surface area contributed by atoms with Crippen molar-refractivity contribution in [3.05, 3.63) is 18.6 Å². The van der Waals surface area contributed by atoms with Gasteiger partial charge < -0.3 is 10.1 Å². The minimum absolute atomic E-state index is 0.628. The lowest BCUT2D eigenvalue weighted by Gasteiger charge is -2.24. The normalized spacial score (nSPS) is 15.4. The summed E-state index contributed by atoms with van der Waals surface area (Å²) in [5, 5.41) is 3.21. The lowest BCUT2D eigenvalue weighted by Crippen LogP contribution is -2.15. The highest BCUT2D eigenvalue weighted by atomic mass is 16.5. The summed E-state index contributed by atoms with van der Waals surface area (Å²) in [5.74, 6) is 2.31. The Morgan fingerprint density at radius 1 is 1.47 bits per heavy atom. The van der Waals surface area contributed by atoms with E-state index in [1.54, 1.807) is 6.20 Å². The van der Waals surface area contributed by atoms with Crippen LogP contribution in [0.2, 0.25) is 0 Å². The first-order valence-electron chi connectivity index (χ1n) is 7.07. The third kappa shape index (κ3) is 2.64. The Morgan fingerprint density at radius 2 is 2.37 bits per heavy atom. The molecular weight excluding hydrogens is 240 g/mol. The lowest BCUT2D eigenvalue weighted by molar-refractivity contribution is 0.218. The highest BCUT2D eigenvalue weighted by Gasteiger charge is 2.17. The molecule has 5 heteroatoms. The highest BCUT2D eigenvalue weighted by Crippen LogP contribution is 2.29. The monoisotopic (exact) mass is 260 g/mol. The van der Waals surface area contributed by atoms with E-state index in [0.717, 1.165) is 37.0 Å². The number of anilines is 1. The highest BCUT2D eigenvalue weighted by molar-refractivity contribution is 5.53. The van der Waals surface area contributed by atoms with Crippen molar-refractivity contribution in [3.63, 3.8) is 0 Å². The summed E-state index contributed by atoms with van der Waals surface area (Å²) >= 11 is 0. The number of aromatic nitrogens is 3. The van der Waals surface area contributed by atoms with Gasteiger partial charge in [0.1, 0.15) is 5.82 Å². The van der Waals surface area contributed by atoms with Crippen LogP contribution in [0.5, 0.6) is 5.88 Å². The van der Waals surface area contributed by atoms with Gasteiger partial charge in [-0.3, -0.25) is 4.40 Å². The van der Waals surface area contributed by atoms with Crippen LogP contribution in [0.1, 0.15) is 32.6 Å². The number of ether oxygens (including phenoxy) is 1. The maximum atomic E-state index is 5.84. The van der Waals surface area contributed by atoms with Gasteiger partial charge in [-0.15, -0.1) is 0 Å². The molecule has 1 aliphatic carbocycles. The number of nitrogens with one attached hydrogen (secondary N) is 1. The first-order chi connectivity index (χ1) is 9.36. The molecule has 0 aromatic carbocycles. The molecule has 0 bridgehead atoms. The summed E-state index contributed by atoms with van der Waals surface area (Å²) in [4.78, 5) is 8.79. The number of nitrogens with zero attached hydrogens (tertiary/aromatic N) is 3. The fourth-order valence-corrected chi connectivity index (χ4v) is 2.37. The number of hydrogen-bond donors (Lipinski definition) is 1. The molecule has 0 radical (unpaired) electrons. The molecule has 1 N–H and O–H groups in total. The van der Waals surface area contributed by atoms with Gasteiger partial charge in [-0.05, 0) is 19.3 Å². The zero-order valence-electron chi connectivity index (χ0n) is 11.3. The Balaban J connectivity index is 1.73. The molecule has 1 aliphatic rings. The van der Waals surface area contributed by atoms with Crippen LogP contribution in [-0.4, -0.2) is 27.5 Å². The number of rotatable bonds is 6. The van der Waals surface area contributed by atoms with Crippen LogP contribution in [-0.2, 0) is 0 Å². The van der Waals surface area contributed by atoms with Crippen molar-refractivity contribution in [2.45, 2.75) is 32.6 Å². The van der Waals surface area contributed by atoms with Crippen molar-refractivity contribution in [2.75, 3.05) is 18.5 Å². The lowest BCUT2D eigenvalue weighted by atomic mass is 9.83. The second kappa shape index (κ2) is 5.47. The van der Waals surface area contributed by atoms with E-state index in [1.165, 1.54) is 19.3 Å². The van der Waals surface area contributed by atoms with Gasteiger partial charge in [0, 0.05) is 18.9 Å². The van der Waals surface area contributed by atoms with E-state index in [4.69, 9.17) is 4.74 Å². The standard InChI is InChI=1S/C14H20N4O/c1-2-15-12-10-18-8-7-16-13(18)14(17-12)19-9-6-11-4-3-5-11/h7-8,10-11,15H,2-6,9H2,1H3. The van der Waals surface area contributed by atoms with Crippen molar-refractivity contribution in [3.8, 4) is 5.88 Å². The summed E-state index contributed by atoms with van der Waals surface area (Å²) in [7, 11) is 0. The molecule has 19 heavy (non-hydrogen) atoms. The van der Waals surface area contributed by atoms with Gasteiger partial charge in [0.15, 0.2) is 0 Å². The molecule has 2 heterocycles. The van der Waals surface area contributed by atoms with Crippen LogP contribution in [0.3, 0.4) is 0 Å². The molecule has 1 fully saturated rings. The zero-order valence-corrected chi connectivity index (χ0v) is 11.3. The second-order valence-electron chi connectivity index (χ2n) is 5.05. The first kappa shape index (κ1) is 12.3. The number of fused-ring (bicyclic) bond motifs is 1. The topological polar surface area (TPSA) is 51.5 Å². The van der Waals surface area contributed by atoms with Crippen LogP contribution in [0.15, 0.2) is 18.6 Å². The Hall–Kier alpha value is -1.78. The van der Waals surface area contributed by atoms with Crippen LogP contribution in [0, 0.1) is 5.92 Å². The average molecular weight is 260 g/mol. The molecular formula is C14H20N4O. The summed E-state index contributed by atoms with van der Waals surface area (Å²) in [6.07, 6.45) is 10.8. The van der Waals surface area contributed by atoms with Gasteiger partial charge in [-0.2, -0.15) is 4.98 Å². The molecule has 0 spiro atoms. The molecule has 2 aromatic heterocycles. The number of imidazole rings is 1. The van der Waals surface area contributed by atoms with Crippen LogP contribution >= 0.6 is 0 Å². The molecule has 3 rings (SSSR count). The third-order valence-corrected chi connectivity index (χ3v) is 3.69. The second-order valence-corrected chi connectivity index (χ2v) is 5.05. The molecule has 0 saturated heterocycles. The van der Waals surface area contributed by atoms with E-state index in [-0.39, 0.29) is 0 Å². The largest absolute Gasteiger partial charge is 0.475 e. The summed E-state index contributed by atoms with van der Waals surface area (Å²) in [6, 6.07) is 0. The molecule has 2 aromatic rings. The molecule has 102 valence electrons. The zero-order chi connectivity index (χ0) is 13.1. The molecule has 0 unspecified atom stereocenters. The van der Waals surface area contributed by atoms with Crippen molar-refractivity contribution < 1.29 is 4.74 Å². The summed E-state index contributed by atoms with van der Waals surface area (Å²) in [5.41, 5.74) is 0.787. The Labute approximate surface area is 113 Å². The van der Waals surface area contributed by atoms with E-state index >= 15 is 0 Å². The van der Waals surface area contributed by atoms with E-state index in [9.17, 15) is 0 Å². The Kier molecular flexibility index (Phi) is 3.53. The smallest absolute Gasteiger partial charge is 0.260 e. The maximum absolute atomic E-state index is 5.84. The fraction of sp³-hybridized carbons (Fsp3) is 0.571. The van der Waals surface area contributed by atoms with E-state index in [2.05, 4.69) is 22.2 Å². The van der Waals surface area contributed by atoms with Gasteiger partial charge >= 0.3 is 0 Å². The van der Waals surface area contributed by atoms with Crippen molar-refractivity contribution >= 4 is 11.5 Å². The third-order valence-electron chi connectivity index (χ3n) is 3.69. The minimum atomic E-state index is 0.628. The molecule has 0 atom stereocenters. The predicted molar refractivity (Wildman–Crippen MR) is 74.6 cm³/mol. The van der Waals surface area contributed by atoms with E-state index in [1.807, 2.05) is 16.8 Å². The Bertz CT molecular complexity index is 547. The van der Waals surface area contributed by atoms with Gasteiger partial charge in [-0.1, -0.05) is 19.3 Å². The summed E-state index contributed by atoms with van der Waals surface area (Å²) < 4.78 is 7.78. The van der Waals surface area contributed by atoms with E-state index < -0.39 is 0 Å². The van der Waals surface area contributed by atoms with Crippen molar-refractivity contribution in [1.29, 1.82) is 0 Å². The fourth-order valence-electron chi connectivity index (χ4n) is 2.37. The molecule has 0 aliphatic heterocycles. The van der Waals surface area contributed by atoms with Gasteiger partial charge in [-0.25, -0.2) is 4.98 Å². The molecule has 1 saturated carbocycles. The van der Waals surface area contributed by atoms with Crippen LogP contribution in [0.25, 0.3) is 5.65 Å². The first-order valence-corrected chi connectivity index (χ1v) is 7.07. The Morgan fingerprint density at radius 3 is 3.11 bits per heavy atom. The van der Waals surface area contributed by atoms with Gasteiger partial charge in [0.2, 0.25) is 5.65 Å². The van der Waals surface area contributed by atoms with Crippen molar-refractivity contribution in [2.24, 2.45) is 5.92 Å². The van der Waals surface area contributed by atoms with Crippen LogP contribution < -0.4 is 10.1 Å². The average Bonchev–Trinajstić information content (AvgIpc) is 2.80. The quantitative estimate of drug-likeness (QED) is 0.867. The molecule has 0 amide bonds.